The molecule has 0 radical (unpaired) electrons. The summed E-state index contributed by atoms with van der Waals surface area (Å²) in [6, 6.07) is 0. The van der Waals surface area contributed by atoms with Gasteiger partial charge in [-0.05, 0) is 18.0 Å². The maximum absolute atomic E-state index is 12.0. The number of nitrogens with one attached hydrogen (secondary N) is 2. The zero-order valence-electron chi connectivity index (χ0n) is 8.97. The van der Waals surface area contributed by atoms with Crippen molar-refractivity contribution < 1.29 is 13.2 Å². The molecule has 2 N–H and O–H groups in total. The molecular formula is C8H11ClF3N5. The summed E-state index contributed by atoms with van der Waals surface area (Å²) in [7, 11) is 0. The largest absolute Gasteiger partial charge is 0.405 e. The van der Waals surface area contributed by atoms with Gasteiger partial charge in [-0.3, -0.25) is 0 Å². The molecule has 0 aliphatic heterocycles. The minimum absolute atomic E-state index is 0.150. The number of hydrogen-bond acceptors (Lipinski definition) is 5. The standard InChI is InChI=1S/C8H11ClF3N5/c1-2-3-13-6-15-5(9)16-7(17-6)14-4-8(10,11)12/h2-4H2,1H3,(H2,13,14,15,16,17). The van der Waals surface area contributed by atoms with Gasteiger partial charge >= 0.3 is 6.18 Å². The topological polar surface area (TPSA) is 62.7 Å². The summed E-state index contributed by atoms with van der Waals surface area (Å²) in [5.41, 5.74) is 0. The fourth-order valence-corrected chi connectivity index (χ4v) is 1.08. The van der Waals surface area contributed by atoms with Crippen molar-refractivity contribution in [2.75, 3.05) is 23.7 Å². The lowest BCUT2D eigenvalue weighted by molar-refractivity contribution is -0.115. The Morgan fingerprint density at radius 1 is 1.12 bits per heavy atom. The maximum Gasteiger partial charge on any atom is 0.405 e. The van der Waals surface area contributed by atoms with Crippen LogP contribution in [0.4, 0.5) is 25.1 Å². The molecule has 1 aromatic rings. The van der Waals surface area contributed by atoms with E-state index in [1.54, 1.807) is 0 Å². The van der Waals surface area contributed by atoms with Crippen LogP contribution in [-0.2, 0) is 0 Å². The van der Waals surface area contributed by atoms with E-state index in [2.05, 4.69) is 20.3 Å². The quantitative estimate of drug-likeness (QED) is 0.859. The second-order valence-corrected chi connectivity index (χ2v) is 3.49. The van der Waals surface area contributed by atoms with Crippen molar-refractivity contribution in [1.29, 1.82) is 0 Å². The highest BCUT2D eigenvalue weighted by Gasteiger charge is 2.27. The Balaban J connectivity index is 2.68. The highest BCUT2D eigenvalue weighted by molar-refractivity contribution is 6.28. The molecule has 0 bridgehead atoms. The molecule has 96 valence electrons. The normalized spacial score (nSPS) is 11.4. The number of anilines is 2. The van der Waals surface area contributed by atoms with Gasteiger partial charge in [-0.15, -0.1) is 0 Å². The van der Waals surface area contributed by atoms with Crippen molar-refractivity contribution >= 4 is 23.5 Å². The minimum Gasteiger partial charge on any atom is -0.354 e. The van der Waals surface area contributed by atoms with E-state index >= 15 is 0 Å². The van der Waals surface area contributed by atoms with Gasteiger partial charge in [0.2, 0.25) is 17.2 Å². The van der Waals surface area contributed by atoms with Crippen molar-refractivity contribution in [1.82, 2.24) is 15.0 Å². The fraction of sp³-hybridized carbons (Fsp3) is 0.625. The first kappa shape index (κ1) is 13.8. The van der Waals surface area contributed by atoms with Crippen LogP contribution in [0, 0.1) is 0 Å². The molecule has 1 aromatic heterocycles. The Kier molecular flexibility index (Phi) is 4.73. The first-order valence-electron chi connectivity index (χ1n) is 4.87. The molecule has 0 fully saturated rings. The average molecular weight is 270 g/mol. The van der Waals surface area contributed by atoms with Crippen molar-refractivity contribution in [2.45, 2.75) is 19.5 Å². The first-order chi connectivity index (χ1) is 7.90. The molecule has 1 rings (SSSR count). The average Bonchev–Trinajstić information content (AvgIpc) is 2.22. The van der Waals surface area contributed by atoms with E-state index in [0.29, 0.717) is 6.54 Å². The summed E-state index contributed by atoms with van der Waals surface area (Å²) in [6.07, 6.45) is -3.51. The highest BCUT2D eigenvalue weighted by Crippen LogP contribution is 2.16. The molecule has 0 amide bonds. The second kappa shape index (κ2) is 5.85. The van der Waals surface area contributed by atoms with E-state index in [4.69, 9.17) is 11.6 Å². The van der Waals surface area contributed by atoms with Gasteiger partial charge in [-0.2, -0.15) is 28.1 Å². The van der Waals surface area contributed by atoms with Crippen molar-refractivity contribution in [3.63, 3.8) is 0 Å². The molecule has 5 nitrogen and oxygen atoms in total. The Hall–Kier alpha value is -1.31. The summed E-state index contributed by atoms with van der Waals surface area (Å²) < 4.78 is 35.9. The smallest absolute Gasteiger partial charge is 0.354 e. The number of hydrogen-bond donors (Lipinski definition) is 2. The molecule has 0 saturated carbocycles. The maximum atomic E-state index is 12.0. The van der Waals surface area contributed by atoms with Crippen LogP contribution in [0.3, 0.4) is 0 Å². The number of aromatic nitrogens is 3. The van der Waals surface area contributed by atoms with Gasteiger partial charge < -0.3 is 10.6 Å². The van der Waals surface area contributed by atoms with E-state index in [9.17, 15) is 13.2 Å². The number of halogens is 4. The Morgan fingerprint density at radius 3 is 2.24 bits per heavy atom. The van der Waals surface area contributed by atoms with Crippen LogP contribution in [0.15, 0.2) is 0 Å². The number of nitrogens with zero attached hydrogens (tertiary/aromatic N) is 3. The summed E-state index contributed by atoms with van der Waals surface area (Å²) in [5, 5.41) is 4.67. The Bertz CT molecular complexity index is 371. The molecule has 0 aliphatic carbocycles. The monoisotopic (exact) mass is 269 g/mol. The molecule has 1 heterocycles. The summed E-state index contributed by atoms with van der Waals surface area (Å²) in [4.78, 5) is 11.0. The van der Waals surface area contributed by atoms with Gasteiger partial charge in [-0.1, -0.05) is 6.92 Å². The van der Waals surface area contributed by atoms with E-state index in [0.717, 1.165) is 6.42 Å². The fourth-order valence-electron chi connectivity index (χ4n) is 0.924. The molecule has 9 heteroatoms. The Morgan fingerprint density at radius 2 is 1.71 bits per heavy atom. The van der Waals surface area contributed by atoms with Gasteiger partial charge in [0, 0.05) is 6.54 Å². The van der Waals surface area contributed by atoms with Gasteiger partial charge in [0.05, 0.1) is 0 Å². The zero-order chi connectivity index (χ0) is 12.9. The highest BCUT2D eigenvalue weighted by atomic mass is 35.5. The molecular weight excluding hydrogens is 259 g/mol. The predicted molar refractivity (Wildman–Crippen MR) is 58.2 cm³/mol. The van der Waals surface area contributed by atoms with Gasteiger partial charge in [0.25, 0.3) is 0 Å². The third-order valence-electron chi connectivity index (χ3n) is 1.59. The van der Waals surface area contributed by atoms with E-state index < -0.39 is 12.7 Å². The molecule has 0 unspecified atom stereocenters. The van der Waals surface area contributed by atoms with Crippen LogP contribution in [0.2, 0.25) is 5.28 Å². The summed E-state index contributed by atoms with van der Waals surface area (Å²) >= 11 is 5.56. The Labute approximate surface area is 101 Å². The van der Waals surface area contributed by atoms with Gasteiger partial charge in [0.1, 0.15) is 6.54 Å². The van der Waals surface area contributed by atoms with E-state index in [1.165, 1.54) is 0 Å². The van der Waals surface area contributed by atoms with E-state index in [-0.39, 0.29) is 17.2 Å². The summed E-state index contributed by atoms with van der Waals surface area (Å²) in [6.45, 7) is 1.30. The number of rotatable bonds is 5. The molecule has 0 spiro atoms. The van der Waals surface area contributed by atoms with Crippen molar-refractivity contribution in [2.24, 2.45) is 0 Å². The lowest BCUT2D eigenvalue weighted by Gasteiger charge is -2.09. The molecule has 0 aromatic carbocycles. The van der Waals surface area contributed by atoms with Gasteiger partial charge in [-0.25, -0.2) is 0 Å². The lowest BCUT2D eigenvalue weighted by Crippen LogP contribution is -2.22. The van der Waals surface area contributed by atoms with Crippen molar-refractivity contribution in [3.8, 4) is 0 Å². The third kappa shape index (κ3) is 5.53. The number of alkyl halides is 3. The zero-order valence-corrected chi connectivity index (χ0v) is 9.73. The van der Waals surface area contributed by atoms with Crippen LogP contribution in [-0.4, -0.2) is 34.2 Å². The van der Waals surface area contributed by atoms with Crippen LogP contribution < -0.4 is 10.6 Å². The van der Waals surface area contributed by atoms with Gasteiger partial charge in [0.15, 0.2) is 0 Å². The molecule has 0 atom stereocenters. The predicted octanol–water partition coefficient (Wildman–Crippen LogP) is 2.32. The summed E-state index contributed by atoms with van der Waals surface area (Å²) in [5.74, 6) is -0.0579. The van der Waals surface area contributed by atoms with E-state index in [1.807, 2.05) is 12.2 Å². The molecule has 0 aliphatic rings. The van der Waals surface area contributed by atoms with Crippen LogP contribution in [0.25, 0.3) is 0 Å². The molecule has 0 saturated heterocycles. The lowest BCUT2D eigenvalue weighted by atomic mass is 10.5. The first-order valence-corrected chi connectivity index (χ1v) is 5.24. The second-order valence-electron chi connectivity index (χ2n) is 3.15. The third-order valence-corrected chi connectivity index (χ3v) is 1.76. The SMILES string of the molecule is CCCNc1nc(Cl)nc(NCC(F)(F)F)n1. The minimum atomic E-state index is -4.34. The molecule has 17 heavy (non-hydrogen) atoms. The van der Waals surface area contributed by atoms with Crippen LogP contribution in [0.5, 0.6) is 0 Å². The van der Waals surface area contributed by atoms with Crippen molar-refractivity contribution in [3.05, 3.63) is 5.28 Å². The van der Waals surface area contributed by atoms with Crippen LogP contribution in [0.1, 0.15) is 13.3 Å². The van der Waals surface area contributed by atoms with Crippen LogP contribution >= 0.6 is 11.6 Å².